The van der Waals surface area contributed by atoms with Gasteiger partial charge in [-0.25, -0.2) is 4.98 Å². The van der Waals surface area contributed by atoms with Crippen molar-refractivity contribution in [2.24, 2.45) is 0 Å². The van der Waals surface area contributed by atoms with Crippen LogP contribution in [0.2, 0.25) is 0 Å². The predicted octanol–water partition coefficient (Wildman–Crippen LogP) is 3.27. The summed E-state index contributed by atoms with van der Waals surface area (Å²) in [7, 11) is 0. The number of ether oxygens (including phenoxy) is 1. The maximum Gasteiger partial charge on any atom is 0.260 e. The molecule has 1 N–H and O–H groups in total. The Morgan fingerprint density at radius 1 is 1.17 bits per heavy atom. The molecule has 180 valence electrons. The van der Waals surface area contributed by atoms with E-state index in [9.17, 15) is 9.59 Å². The number of halogens is 1. The summed E-state index contributed by atoms with van der Waals surface area (Å²) in [5.74, 6) is 0.685. The first-order valence-electron chi connectivity index (χ1n) is 11.7. The molecule has 1 aliphatic carbocycles. The molecule has 2 amide bonds. The Labute approximate surface area is 205 Å². The molecule has 2 fully saturated rings. The molecule has 35 heavy (non-hydrogen) atoms. The van der Waals surface area contributed by atoms with Gasteiger partial charge < -0.3 is 15.0 Å². The van der Waals surface area contributed by atoms with E-state index in [1.54, 1.807) is 27.9 Å². The molecule has 6 rings (SSSR count). The van der Waals surface area contributed by atoms with Crippen LogP contribution in [0.25, 0.3) is 16.6 Å². The number of rotatable bonds is 6. The molecule has 0 radical (unpaired) electrons. The van der Waals surface area contributed by atoms with Gasteiger partial charge in [-0.15, -0.1) is 11.6 Å². The first kappa shape index (κ1) is 21.8. The van der Waals surface area contributed by atoms with E-state index in [1.807, 2.05) is 29.1 Å². The number of anilines is 1. The summed E-state index contributed by atoms with van der Waals surface area (Å²) >= 11 is 5.70. The third-order valence-electron chi connectivity index (χ3n) is 6.51. The molecule has 2 aliphatic rings. The van der Waals surface area contributed by atoms with E-state index in [1.165, 1.54) is 0 Å². The van der Waals surface area contributed by atoms with Gasteiger partial charge in [-0.2, -0.15) is 14.7 Å². The number of carbonyl (C=O) groups excluding carboxylic acids is 2. The Morgan fingerprint density at radius 3 is 2.77 bits per heavy atom. The second-order valence-corrected chi connectivity index (χ2v) is 9.24. The summed E-state index contributed by atoms with van der Waals surface area (Å²) < 4.78 is 9.62. The number of carbonyl (C=O) groups is 2. The van der Waals surface area contributed by atoms with Crippen LogP contribution in [0.15, 0.2) is 42.9 Å². The molecule has 0 bridgehead atoms. The molecule has 1 saturated heterocycles. The molecule has 3 aromatic heterocycles. The van der Waals surface area contributed by atoms with Crippen LogP contribution in [0, 0.1) is 0 Å². The van der Waals surface area contributed by atoms with Crippen molar-refractivity contribution in [3.63, 3.8) is 0 Å². The zero-order valence-electron chi connectivity index (χ0n) is 18.9. The van der Waals surface area contributed by atoms with Gasteiger partial charge in [0.2, 0.25) is 5.91 Å². The number of benzene rings is 1. The first-order chi connectivity index (χ1) is 17.1. The van der Waals surface area contributed by atoms with Gasteiger partial charge in [0, 0.05) is 36.9 Å². The van der Waals surface area contributed by atoms with E-state index >= 15 is 0 Å². The van der Waals surface area contributed by atoms with E-state index in [2.05, 4.69) is 15.4 Å². The number of fused-ring (bicyclic) bond motifs is 2. The van der Waals surface area contributed by atoms with Gasteiger partial charge in [0.1, 0.15) is 11.6 Å². The molecule has 1 aromatic carbocycles. The Morgan fingerprint density at radius 2 is 2.00 bits per heavy atom. The van der Waals surface area contributed by atoms with Crippen LogP contribution in [0.3, 0.4) is 0 Å². The molecular weight excluding hydrogens is 470 g/mol. The number of piperidine rings is 1. The minimum absolute atomic E-state index is 0.0100. The van der Waals surface area contributed by atoms with Crippen LogP contribution >= 0.6 is 11.6 Å². The molecule has 0 spiro atoms. The van der Waals surface area contributed by atoms with Crippen molar-refractivity contribution in [3.8, 4) is 5.75 Å². The third kappa shape index (κ3) is 4.29. The van der Waals surface area contributed by atoms with Crippen molar-refractivity contribution >= 4 is 45.8 Å². The molecule has 10 nitrogen and oxygen atoms in total. The summed E-state index contributed by atoms with van der Waals surface area (Å²) in [6.45, 7) is 1.31. The molecule has 1 saturated carbocycles. The largest absolute Gasteiger partial charge is 0.490 e. The number of aromatic nitrogens is 5. The Hall–Kier alpha value is -3.66. The van der Waals surface area contributed by atoms with Gasteiger partial charge in [0.05, 0.1) is 29.4 Å². The number of imidazole rings is 1. The van der Waals surface area contributed by atoms with Gasteiger partial charge in [-0.05, 0) is 43.9 Å². The lowest BCUT2D eigenvalue weighted by atomic mass is 10.1. The topological polar surface area (TPSA) is 107 Å². The van der Waals surface area contributed by atoms with Crippen molar-refractivity contribution in [1.29, 1.82) is 0 Å². The number of alkyl halides is 1. The van der Waals surface area contributed by atoms with Crippen molar-refractivity contribution < 1.29 is 14.3 Å². The molecule has 0 atom stereocenters. The molecule has 1 aliphatic heterocycles. The van der Waals surface area contributed by atoms with E-state index in [-0.39, 0.29) is 29.8 Å². The van der Waals surface area contributed by atoms with Crippen LogP contribution in [0.1, 0.15) is 42.1 Å². The molecule has 4 heterocycles. The molecule has 11 heteroatoms. The third-order valence-corrected chi connectivity index (χ3v) is 6.74. The second-order valence-electron chi connectivity index (χ2n) is 8.97. The average Bonchev–Trinajstić information content (AvgIpc) is 3.46. The SMILES string of the molecule is O=C(Nc1cnc2cccnn12)c1cc2cn(C3CCN(C(=O)CCl)CC3)nc2cc1OC1CC1. The van der Waals surface area contributed by atoms with E-state index in [4.69, 9.17) is 21.4 Å². The Bertz CT molecular complexity index is 1420. The van der Waals surface area contributed by atoms with E-state index in [0.717, 1.165) is 36.6 Å². The van der Waals surface area contributed by atoms with E-state index < -0.39 is 0 Å². The second kappa shape index (κ2) is 8.84. The summed E-state index contributed by atoms with van der Waals surface area (Å²) in [5.41, 5.74) is 1.86. The zero-order valence-corrected chi connectivity index (χ0v) is 19.7. The molecule has 4 aromatic rings. The molecular formula is C24H24ClN7O3. The fourth-order valence-electron chi connectivity index (χ4n) is 4.46. The van der Waals surface area contributed by atoms with Crippen molar-refractivity contribution in [1.82, 2.24) is 29.3 Å². The number of nitrogens with one attached hydrogen (secondary N) is 1. The quantitative estimate of drug-likeness (QED) is 0.413. The van der Waals surface area contributed by atoms with Gasteiger partial charge in [-0.1, -0.05) is 0 Å². The lowest BCUT2D eigenvalue weighted by molar-refractivity contribution is -0.129. The highest BCUT2D eigenvalue weighted by atomic mass is 35.5. The number of likely N-dealkylation sites (tertiary alicyclic amines) is 1. The van der Waals surface area contributed by atoms with Gasteiger partial charge in [0.25, 0.3) is 5.91 Å². The number of hydrogen-bond acceptors (Lipinski definition) is 6. The molecule has 0 unspecified atom stereocenters. The first-order valence-corrected chi connectivity index (χ1v) is 12.3. The van der Waals surface area contributed by atoms with Crippen LogP contribution in [0.5, 0.6) is 5.75 Å². The summed E-state index contributed by atoms with van der Waals surface area (Å²) in [4.78, 5) is 31.3. The average molecular weight is 494 g/mol. The predicted molar refractivity (Wildman–Crippen MR) is 130 cm³/mol. The van der Waals surface area contributed by atoms with Crippen LogP contribution in [0.4, 0.5) is 5.82 Å². The maximum atomic E-state index is 13.3. The van der Waals surface area contributed by atoms with Gasteiger partial charge in [0.15, 0.2) is 11.5 Å². The van der Waals surface area contributed by atoms with Gasteiger partial charge >= 0.3 is 0 Å². The fourth-order valence-corrected chi connectivity index (χ4v) is 4.63. The zero-order chi connectivity index (χ0) is 23.9. The highest BCUT2D eigenvalue weighted by molar-refractivity contribution is 6.27. The summed E-state index contributed by atoms with van der Waals surface area (Å²) in [6.07, 6.45) is 8.87. The van der Waals surface area contributed by atoms with E-state index in [0.29, 0.717) is 35.9 Å². The number of amides is 2. The Balaban J connectivity index is 1.28. The highest BCUT2D eigenvalue weighted by Gasteiger charge is 2.28. The van der Waals surface area contributed by atoms with Crippen LogP contribution < -0.4 is 10.1 Å². The lowest BCUT2D eigenvalue weighted by Crippen LogP contribution is -2.39. The number of nitrogens with zero attached hydrogens (tertiary/aromatic N) is 6. The van der Waals surface area contributed by atoms with Crippen molar-refractivity contribution in [2.75, 3.05) is 24.3 Å². The fraction of sp³-hybridized carbons (Fsp3) is 0.375. The van der Waals surface area contributed by atoms with Crippen molar-refractivity contribution in [2.45, 2.75) is 37.8 Å². The highest BCUT2D eigenvalue weighted by Crippen LogP contribution is 2.33. The lowest BCUT2D eigenvalue weighted by Gasteiger charge is -2.31. The normalized spacial score (nSPS) is 16.7. The summed E-state index contributed by atoms with van der Waals surface area (Å²) in [6, 6.07) is 7.46. The maximum absolute atomic E-state index is 13.3. The number of hydrogen-bond donors (Lipinski definition) is 1. The monoisotopic (exact) mass is 493 g/mol. The van der Waals surface area contributed by atoms with Crippen LogP contribution in [-0.2, 0) is 4.79 Å². The van der Waals surface area contributed by atoms with Crippen molar-refractivity contribution in [3.05, 3.63) is 48.4 Å². The minimum atomic E-state index is -0.296. The smallest absolute Gasteiger partial charge is 0.260 e. The summed E-state index contributed by atoms with van der Waals surface area (Å²) in [5, 5.41) is 12.8. The standard InChI is InChI=1S/C24H24ClN7O3/c25-12-23(33)30-8-5-16(6-9-30)31-14-15-10-18(20(11-19(15)29-31)35-17-3-4-17)24(34)28-22-13-26-21-2-1-7-27-32(21)22/h1-2,7,10-11,13-14,16-17H,3-6,8-9,12H2,(H,28,34). The van der Waals surface area contributed by atoms with Crippen LogP contribution in [-0.4, -0.2) is 66.2 Å². The Kier molecular flexibility index (Phi) is 5.52. The minimum Gasteiger partial charge on any atom is -0.490 e. The van der Waals surface area contributed by atoms with Gasteiger partial charge in [-0.3, -0.25) is 14.3 Å².